The number of urea groups is 1. The second kappa shape index (κ2) is 7.62. The zero-order valence-electron chi connectivity index (χ0n) is 17.4. The summed E-state index contributed by atoms with van der Waals surface area (Å²) < 4.78 is 40.8. The average molecular weight is 479 g/mol. The number of hydrogen-bond acceptors (Lipinski definition) is 5. The van der Waals surface area contributed by atoms with Crippen molar-refractivity contribution in [3.63, 3.8) is 0 Å². The molecule has 172 valence electrons. The van der Waals surface area contributed by atoms with Crippen LogP contribution in [0.4, 0.5) is 29.3 Å². The van der Waals surface area contributed by atoms with Crippen molar-refractivity contribution in [3.8, 4) is 0 Å². The molecule has 1 N–H and O–H groups in total. The third kappa shape index (κ3) is 4.08. The molecule has 2 aliphatic rings. The van der Waals surface area contributed by atoms with Gasteiger partial charge in [-0.25, -0.2) is 14.8 Å². The van der Waals surface area contributed by atoms with E-state index in [0.717, 1.165) is 29.4 Å². The number of anilines is 2. The smallest absolute Gasteiger partial charge is 0.379 e. The Kier molecular flexibility index (Phi) is 4.96. The molecule has 0 unspecified atom stereocenters. The summed E-state index contributed by atoms with van der Waals surface area (Å²) >= 11 is 5.75. The second-order valence-electron chi connectivity index (χ2n) is 8.13. The molecule has 3 amide bonds. The highest BCUT2D eigenvalue weighted by Gasteiger charge is 2.37. The van der Waals surface area contributed by atoms with Crippen LogP contribution < -0.4 is 10.2 Å². The van der Waals surface area contributed by atoms with Gasteiger partial charge in [0.15, 0.2) is 5.65 Å². The van der Waals surface area contributed by atoms with Gasteiger partial charge in [0.1, 0.15) is 17.4 Å². The lowest BCUT2D eigenvalue weighted by Crippen LogP contribution is -2.30. The summed E-state index contributed by atoms with van der Waals surface area (Å²) in [7, 11) is 1.43. The number of amides is 3. The van der Waals surface area contributed by atoms with Gasteiger partial charge in [-0.3, -0.25) is 14.6 Å². The standard InChI is InChI=1S/C21H18ClF3N6O2/c1-29-18(32)10-31(20(29)33)15-4-12(11-2-3-11)8-30-9-14(27-19(15)30)7-26-13-5-16(21(23,24)25)28-17(22)6-13/h4-6,8-9,11H,2-3,7,10H2,1H3,(H,26,28). The van der Waals surface area contributed by atoms with Gasteiger partial charge in [-0.15, -0.1) is 0 Å². The van der Waals surface area contributed by atoms with Crippen LogP contribution in [-0.4, -0.2) is 44.8 Å². The van der Waals surface area contributed by atoms with E-state index in [2.05, 4.69) is 15.3 Å². The number of carbonyl (C=O) groups is 2. The number of fused-ring (bicyclic) bond motifs is 1. The molecule has 5 rings (SSSR count). The van der Waals surface area contributed by atoms with E-state index < -0.39 is 17.9 Å². The Labute approximate surface area is 191 Å². The molecule has 0 bridgehead atoms. The van der Waals surface area contributed by atoms with E-state index in [-0.39, 0.29) is 29.8 Å². The Morgan fingerprint density at radius 3 is 2.55 bits per heavy atom. The van der Waals surface area contributed by atoms with Crippen LogP contribution in [0.3, 0.4) is 0 Å². The van der Waals surface area contributed by atoms with E-state index in [1.165, 1.54) is 18.0 Å². The molecule has 3 aromatic heterocycles. The fourth-order valence-electron chi connectivity index (χ4n) is 3.80. The maximum atomic E-state index is 13.0. The highest BCUT2D eigenvalue weighted by atomic mass is 35.5. The molecule has 1 aliphatic heterocycles. The monoisotopic (exact) mass is 478 g/mol. The van der Waals surface area contributed by atoms with Crippen LogP contribution >= 0.6 is 11.6 Å². The van der Waals surface area contributed by atoms with Crippen molar-refractivity contribution in [2.45, 2.75) is 31.5 Å². The van der Waals surface area contributed by atoms with Crippen LogP contribution in [0.25, 0.3) is 5.65 Å². The van der Waals surface area contributed by atoms with Crippen LogP contribution in [0.2, 0.25) is 5.15 Å². The number of hydrogen-bond donors (Lipinski definition) is 1. The minimum atomic E-state index is -4.62. The molecular weight excluding hydrogens is 461 g/mol. The molecule has 3 aromatic rings. The number of likely N-dealkylation sites (N-methyl/N-ethyl adjacent to an activating group) is 1. The molecule has 0 atom stereocenters. The maximum Gasteiger partial charge on any atom is 0.433 e. The van der Waals surface area contributed by atoms with E-state index in [0.29, 0.717) is 22.9 Å². The molecule has 12 heteroatoms. The van der Waals surface area contributed by atoms with Crippen molar-refractivity contribution in [1.82, 2.24) is 19.3 Å². The number of aromatic nitrogens is 3. The molecule has 2 fully saturated rings. The first-order valence-electron chi connectivity index (χ1n) is 10.2. The minimum absolute atomic E-state index is 0.0741. The van der Waals surface area contributed by atoms with Gasteiger partial charge in [-0.2, -0.15) is 13.2 Å². The summed E-state index contributed by atoms with van der Waals surface area (Å²) in [6.07, 6.45) is 1.16. The zero-order valence-corrected chi connectivity index (χ0v) is 18.1. The summed E-state index contributed by atoms with van der Waals surface area (Å²) in [6, 6.07) is 3.64. The highest BCUT2D eigenvalue weighted by Crippen LogP contribution is 2.42. The maximum absolute atomic E-state index is 13.0. The van der Waals surface area contributed by atoms with Crippen molar-refractivity contribution in [2.24, 2.45) is 0 Å². The Hall–Kier alpha value is -3.34. The van der Waals surface area contributed by atoms with Crippen molar-refractivity contribution >= 4 is 40.6 Å². The fraction of sp³-hybridized carbons (Fsp3) is 0.333. The van der Waals surface area contributed by atoms with Crippen molar-refractivity contribution in [3.05, 3.63) is 52.7 Å². The summed E-state index contributed by atoms with van der Waals surface area (Å²) in [5, 5.41) is 2.62. The van der Waals surface area contributed by atoms with Crippen molar-refractivity contribution < 1.29 is 22.8 Å². The van der Waals surface area contributed by atoms with E-state index >= 15 is 0 Å². The quantitative estimate of drug-likeness (QED) is 0.437. The SMILES string of the molecule is CN1C(=O)CN(c2cc(C3CC3)cn3cc(CNc4cc(Cl)nc(C(F)(F)F)c4)nc23)C1=O. The van der Waals surface area contributed by atoms with Gasteiger partial charge in [-0.1, -0.05) is 11.6 Å². The molecule has 33 heavy (non-hydrogen) atoms. The Bertz CT molecular complexity index is 1290. The number of nitrogens with zero attached hydrogens (tertiary/aromatic N) is 5. The summed E-state index contributed by atoms with van der Waals surface area (Å²) in [4.78, 5) is 35.0. The van der Waals surface area contributed by atoms with E-state index in [1.807, 2.05) is 12.3 Å². The van der Waals surface area contributed by atoms with Gasteiger partial charge in [0.05, 0.1) is 17.9 Å². The largest absolute Gasteiger partial charge is 0.433 e. The number of alkyl halides is 3. The van der Waals surface area contributed by atoms with Crippen molar-refractivity contribution in [1.29, 1.82) is 0 Å². The van der Waals surface area contributed by atoms with Crippen LogP contribution in [0, 0.1) is 0 Å². The predicted octanol–water partition coefficient (Wildman–Crippen LogP) is 4.29. The summed E-state index contributed by atoms with van der Waals surface area (Å²) in [5.41, 5.74) is 1.65. The van der Waals surface area contributed by atoms with Crippen LogP contribution in [0.5, 0.6) is 0 Å². The lowest BCUT2D eigenvalue weighted by Gasteiger charge is -2.17. The normalized spacial score (nSPS) is 16.9. The first-order valence-corrected chi connectivity index (χ1v) is 10.6. The molecule has 1 saturated carbocycles. The lowest BCUT2D eigenvalue weighted by atomic mass is 10.1. The fourth-order valence-corrected chi connectivity index (χ4v) is 4.01. The Morgan fingerprint density at radius 1 is 1.15 bits per heavy atom. The van der Waals surface area contributed by atoms with Crippen LogP contribution in [0.1, 0.15) is 35.7 Å². The summed E-state index contributed by atoms with van der Waals surface area (Å²) in [5.74, 6) is 0.0847. The molecule has 1 saturated heterocycles. The van der Waals surface area contributed by atoms with Crippen LogP contribution in [0.15, 0.2) is 30.6 Å². The molecule has 0 radical (unpaired) electrons. The van der Waals surface area contributed by atoms with Gasteiger partial charge in [0.2, 0.25) is 5.91 Å². The van der Waals surface area contributed by atoms with Gasteiger partial charge < -0.3 is 9.72 Å². The number of imide groups is 1. The predicted molar refractivity (Wildman–Crippen MR) is 114 cm³/mol. The molecule has 1 aliphatic carbocycles. The Balaban J connectivity index is 1.47. The van der Waals surface area contributed by atoms with Crippen molar-refractivity contribution in [2.75, 3.05) is 23.8 Å². The van der Waals surface area contributed by atoms with Gasteiger partial charge in [-0.05, 0) is 42.5 Å². The molecule has 0 aromatic carbocycles. The summed E-state index contributed by atoms with van der Waals surface area (Å²) in [6.45, 7) is 0.0413. The lowest BCUT2D eigenvalue weighted by molar-refractivity contribution is -0.141. The first kappa shape index (κ1) is 21.5. The number of nitrogens with one attached hydrogen (secondary N) is 1. The van der Waals surface area contributed by atoms with Crippen LogP contribution in [-0.2, 0) is 17.5 Å². The molecule has 4 heterocycles. The van der Waals surface area contributed by atoms with E-state index in [4.69, 9.17) is 11.6 Å². The number of pyridine rings is 2. The number of carbonyl (C=O) groups excluding carboxylic acids is 2. The number of imidazole rings is 1. The van der Waals surface area contributed by atoms with Gasteiger partial charge in [0.25, 0.3) is 0 Å². The zero-order chi connectivity index (χ0) is 23.5. The minimum Gasteiger partial charge on any atom is -0.379 e. The third-order valence-corrected chi connectivity index (χ3v) is 5.88. The first-order chi connectivity index (χ1) is 15.6. The van der Waals surface area contributed by atoms with Gasteiger partial charge in [0, 0.05) is 25.1 Å². The van der Waals surface area contributed by atoms with Gasteiger partial charge >= 0.3 is 12.2 Å². The average Bonchev–Trinajstić information content (AvgIpc) is 3.47. The number of halogens is 4. The molecule has 0 spiro atoms. The number of rotatable bonds is 5. The molecular formula is C21H18ClF3N6O2. The second-order valence-corrected chi connectivity index (χ2v) is 8.52. The Morgan fingerprint density at radius 2 is 1.91 bits per heavy atom. The molecule has 8 nitrogen and oxygen atoms in total. The third-order valence-electron chi connectivity index (χ3n) is 5.69. The topological polar surface area (TPSA) is 82.8 Å². The highest BCUT2D eigenvalue weighted by molar-refractivity contribution is 6.29. The van der Waals surface area contributed by atoms with E-state index in [1.54, 1.807) is 10.6 Å². The van der Waals surface area contributed by atoms with E-state index in [9.17, 15) is 22.8 Å².